The molecule has 0 saturated carbocycles. The normalized spacial score (nSPS) is 11.1. The lowest BCUT2D eigenvalue weighted by molar-refractivity contribution is 0.0959. The lowest BCUT2D eigenvalue weighted by atomic mass is 10.1. The maximum atomic E-state index is 13.7. The third kappa shape index (κ3) is 3.42. The van der Waals surface area contributed by atoms with Gasteiger partial charge in [-0.2, -0.15) is 0 Å². The molecule has 2 N–H and O–H groups in total. The molecule has 1 amide bonds. The molecule has 0 saturated heterocycles. The number of rotatable bonds is 7. The van der Waals surface area contributed by atoms with Gasteiger partial charge in [-0.1, -0.05) is 23.5 Å². The first-order chi connectivity index (χ1) is 12.6. The lowest BCUT2D eigenvalue weighted by Gasteiger charge is -2.09. The lowest BCUT2D eigenvalue weighted by Crippen LogP contribution is -2.22. The highest BCUT2D eigenvalue weighted by atomic mass is 32.1. The molecule has 0 aliphatic carbocycles. The monoisotopic (exact) mass is 376 g/mol. The smallest absolute Gasteiger partial charge is 0.263 e. The van der Waals surface area contributed by atoms with E-state index in [9.17, 15) is 9.18 Å². The summed E-state index contributed by atoms with van der Waals surface area (Å²) in [6.07, 6.45) is 0. The summed E-state index contributed by atoms with van der Waals surface area (Å²) >= 11 is 1.32. The Kier molecular flexibility index (Phi) is 5.53. The second-order valence-electron chi connectivity index (χ2n) is 5.73. The molecule has 1 aromatic carbocycles. The fourth-order valence-corrected chi connectivity index (χ4v) is 3.81. The Hall–Kier alpha value is -2.45. The Morgan fingerprint density at radius 2 is 2.23 bits per heavy atom. The second-order valence-corrected chi connectivity index (χ2v) is 6.71. The van der Waals surface area contributed by atoms with Gasteiger partial charge in [-0.25, -0.2) is 9.37 Å². The number of carbonyl (C=O) groups excluding carboxylic acids is 1. The molecule has 0 bridgehead atoms. The number of ether oxygens (including phenoxy) is 1. The van der Waals surface area contributed by atoms with Gasteiger partial charge in [0.25, 0.3) is 5.91 Å². The molecule has 0 aliphatic rings. The van der Waals surface area contributed by atoms with Gasteiger partial charge >= 0.3 is 0 Å². The quantitative estimate of drug-likeness (QED) is 0.621. The highest BCUT2D eigenvalue weighted by Crippen LogP contribution is 2.34. The minimum Gasteiger partial charge on any atom is -0.383 e. The number of aromatic nitrogens is 2. The number of thiazole rings is 1. The molecular weight excluding hydrogens is 355 g/mol. The van der Waals surface area contributed by atoms with E-state index >= 15 is 0 Å². The molecule has 2 heterocycles. The zero-order chi connectivity index (χ0) is 18.7. The van der Waals surface area contributed by atoms with E-state index in [1.165, 1.54) is 23.5 Å². The molecule has 0 atom stereocenters. The standard InChI is InChI=1S/C18H21FN4O2S/c1-4-20-17(24)15-11(2)23-16(21-8-9-25-3)14(22-18(23)26-15)12-6-5-7-13(19)10-12/h5-7,10,21H,4,8-9H2,1-3H3,(H,20,24). The average molecular weight is 376 g/mol. The highest BCUT2D eigenvalue weighted by Gasteiger charge is 2.22. The largest absolute Gasteiger partial charge is 0.383 e. The Balaban J connectivity index is 2.13. The summed E-state index contributed by atoms with van der Waals surface area (Å²) < 4.78 is 20.7. The van der Waals surface area contributed by atoms with Crippen LogP contribution in [0.1, 0.15) is 22.3 Å². The number of anilines is 1. The molecule has 0 radical (unpaired) electrons. The number of fused-ring (bicyclic) bond motifs is 1. The summed E-state index contributed by atoms with van der Waals surface area (Å²) in [5, 5.41) is 6.13. The molecule has 138 valence electrons. The second kappa shape index (κ2) is 7.84. The molecule has 2 aromatic heterocycles. The van der Waals surface area contributed by atoms with E-state index in [0.717, 1.165) is 11.5 Å². The first kappa shape index (κ1) is 18.3. The number of imidazole rings is 1. The number of hydrogen-bond donors (Lipinski definition) is 2. The van der Waals surface area contributed by atoms with Crippen LogP contribution in [0, 0.1) is 12.7 Å². The number of methoxy groups -OCH3 is 1. The van der Waals surface area contributed by atoms with Gasteiger partial charge in [0, 0.05) is 31.5 Å². The number of nitrogens with one attached hydrogen (secondary N) is 2. The van der Waals surface area contributed by atoms with Crippen LogP contribution in [0.15, 0.2) is 24.3 Å². The van der Waals surface area contributed by atoms with Crippen LogP contribution in [0.25, 0.3) is 16.2 Å². The van der Waals surface area contributed by atoms with Gasteiger partial charge in [-0.3, -0.25) is 9.20 Å². The molecular formula is C18H21FN4O2S. The van der Waals surface area contributed by atoms with Crippen molar-refractivity contribution in [2.75, 3.05) is 32.1 Å². The Bertz CT molecular complexity index is 935. The number of carbonyl (C=O) groups is 1. The van der Waals surface area contributed by atoms with Crippen molar-refractivity contribution in [2.45, 2.75) is 13.8 Å². The average Bonchev–Trinajstić information content (AvgIpc) is 3.13. The summed E-state index contributed by atoms with van der Waals surface area (Å²) in [5.41, 5.74) is 2.13. The summed E-state index contributed by atoms with van der Waals surface area (Å²) in [4.78, 5) is 18.2. The topological polar surface area (TPSA) is 67.7 Å². The fraction of sp³-hybridized carbons (Fsp3) is 0.333. The minimum atomic E-state index is -0.318. The molecule has 3 rings (SSSR count). The van der Waals surface area contributed by atoms with Crippen molar-refractivity contribution >= 4 is 28.0 Å². The summed E-state index contributed by atoms with van der Waals surface area (Å²) in [7, 11) is 1.63. The van der Waals surface area contributed by atoms with Gasteiger partial charge in [-0.05, 0) is 26.0 Å². The van der Waals surface area contributed by atoms with Crippen LogP contribution >= 0.6 is 11.3 Å². The number of benzene rings is 1. The number of aryl methyl sites for hydroxylation is 1. The number of halogens is 1. The maximum absolute atomic E-state index is 13.7. The Labute approximate surface area is 155 Å². The van der Waals surface area contributed by atoms with Crippen molar-refractivity contribution in [3.05, 3.63) is 40.7 Å². The van der Waals surface area contributed by atoms with Gasteiger partial charge in [-0.15, -0.1) is 0 Å². The molecule has 0 unspecified atom stereocenters. The first-order valence-electron chi connectivity index (χ1n) is 8.35. The highest BCUT2D eigenvalue weighted by molar-refractivity contribution is 7.19. The zero-order valence-corrected chi connectivity index (χ0v) is 15.7. The van der Waals surface area contributed by atoms with Crippen molar-refractivity contribution in [2.24, 2.45) is 0 Å². The van der Waals surface area contributed by atoms with Crippen LogP contribution in [-0.4, -0.2) is 42.1 Å². The van der Waals surface area contributed by atoms with Crippen LogP contribution in [-0.2, 0) is 4.74 Å². The van der Waals surface area contributed by atoms with E-state index in [2.05, 4.69) is 15.6 Å². The Morgan fingerprint density at radius 3 is 2.92 bits per heavy atom. The van der Waals surface area contributed by atoms with Crippen LogP contribution in [0.5, 0.6) is 0 Å². The molecule has 0 aliphatic heterocycles. The predicted octanol–water partition coefficient (Wildman–Crippen LogP) is 3.32. The summed E-state index contributed by atoms with van der Waals surface area (Å²) in [5.74, 6) is 0.295. The SMILES string of the molecule is CCNC(=O)c1sc2nc(-c3cccc(F)c3)c(NCCOC)n2c1C. The third-order valence-corrected chi connectivity index (χ3v) is 5.09. The van der Waals surface area contributed by atoms with Crippen molar-refractivity contribution in [3.8, 4) is 11.3 Å². The van der Waals surface area contributed by atoms with Crippen molar-refractivity contribution in [1.82, 2.24) is 14.7 Å². The fourth-order valence-electron chi connectivity index (χ4n) is 2.77. The van der Waals surface area contributed by atoms with Crippen molar-refractivity contribution in [3.63, 3.8) is 0 Å². The number of amides is 1. The molecule has 6 nitrogen and oxygen atoms in total. The molecule has 0 spiro atoms. The van der Waals surface area contributed by atoms with Crippen LogP contribution in [0.2, 0.25) is 0 Å². The summed E-state index contributed by atoms with van der Waals surface area (Å²) in [6.45, 7) is 5.41. The van der Waals surface area contributed by atoms with E-state index in [4.69, 9.17) is 4.74 Å². The van der Waals surface area contributed by atoms with Gasteiger partial charge < -0.3 is 15.4 Å². The van der Waals surface area contributed by atoms with Gasteiger partial charge in [0.15, 0.2) is 4.96 Å². The zero-order valence-electron chi connectivity index (χ0n) is 14.9. The summed E-state index contributed by atoms with van der Waals surface area (Å²) in [6, 6.07) is 6.33. The van der Waals surface area contributed by atoms with E-state index in [-0.39, 0.29) is 11.7 Å². The molecule has 8 heteroatoms. The maximum Gasteiger partial charge on any atom is 0.263 e. The van der Waals surface area contributed by atoms with Gasteiger partial charge in [0.05, 0.1) is 6.61 Å². The van der Waals surface area contributed by atoms with E-state index in [1.807, 2.05) is 24.3 Å². The minimum absolute atomic E-state index is 0.115. The third-order valence-electron chi connectivity index (χ3n) is 3.94. The molecule has 26 heavy (non-hydrogen) atoms. The van der Waals surface area contributed by atoms with E-state index < -0.39 is 0 Å². The first-order valence-corrected chi connectivity index (χ1v) is 9.17. The van der Waals surface area contributed by atoms with E-state index in [0.29, 0.717) is 40.8 Å². The van der Waals surface area contributed by atoms with Crippen molar-refractivity contribution in [1.29, 1.82) is 0 Å². The van der Waals surface area contributed by atoms with Gasteiger partial charge in [0.1, 0.15) is 22.2 Å². The van der Waals surface area contributed by atoms with Crippen molar-refractivity contribution < 1.29 is 13.9 Å². The van der Waals surface area contributed by atoms with E-state index in [1.54, 1.807) is 13.2 Å². The van der Waals surface area contributed by atoms with Crippen LogP contribution in [0.4, 0.5) is 10.2 Å². The van der Waals surface area contributed by atoms with Crippen LogP contribution in [0.3, 0.4) is 0 Å². The van der Waals surface area contributed by atoms with Gasteiger partial charge in [0.2, 0.25) is 0 Å². The molecule has 3 aromatic rings. The Morgan fingerprint density at radius 1 is 1.42 bits per heavy atom. The number of hydrogen-bond acceptors (Lipinski definition) is 5. The van der Waals surface area contributed by atoms with Crippen LogP contribution < -0.4 is 10.6 Å². The number of nitrogens with zero attached hydrogens (tertiary/aromatic N) is 2. The molecule has 0 fully saturated rings. The predicted molar refractivity (Wildman–Crippen MR) is 102 cm³/mol.